The minimum atomic E-state index is -0.994. The predicted octanol–water partition coefficient (Wildman–Crippen LogP) is 4.26. The highest BCUT2D eigenvalue weighted by molar-refractivity contribution is 5.89. The third kappa shape index (κ3) is 2.52. The molecule has 0 aliphatic heterocycles. The summed E-state index contributed by atoms with van der Waals surface area (Å²) in [7, 11) is 0. The molecule has 116 valence electrons. The van der Waals surface area contributed by atoms with Gasteiger partial charge in [-0.2, -0.15) is 0 Å². The van der Waals surface area contributed by atoms with Crippen molar-refractivity contribution in [2.45, 2.75) is 0 Å². The minimum absolute atomic E-state index is 0.179. The lowest BCUT2D eigenvalue weighted by Gasteiger charge is -2.00. The molecular formula is C19H12N2O3. The van der Waals surface area contributed by atoms with Gasteiger partial charge in [0.1, 0.15) is 0 Å². The van der Waals surface area contributed by atoms with Crippen molar-refractivity contribution in [3.63, 3.8) is 0 Å². The van der Waals surface area contributed by atoms with Crippen molar-refractivity contribution >= 4 is 16.7 Å². The Morgan fingerprint density at radius 2 is 1.50 bits per heavy atom. The van der Waals surface area contributed by atoms with E-state index in [1.54, 1.807) is 12.1 Å². The Labute approximate surface area is 137 Å². The molecule has 0 atom stereocenters. The molecule has 5 nitrogen and oxygen atoms in total. The van der Waals surface area contributed by atoms with Crippen LogP contribution < -0.4 is 0 Å². The van der Waals surface area contributed by atoms with Gasteiger partial charge in [0.05, 0.1) is 5.56 Å². The first-order valence-electron chi connectivity index (χ1n) is 7.37. The van der Waals surface area contributed by atoms with E-state index in [9.17, 15) is 4.79 Å². The molecule has 0 radical (unpaired) electrons. The maximum atomic E-state index is 11.1. The molecule has 0 unspecified atom stereocenters. The van der Waals surface area contributed by atoms with E-state index in [0.717, 1.165) is 16.3 Å². The van der Waals surface area contributed by atoms with E-state index in [2.05, 4.69) is 10.2 Å². The quantitative estimate of drug-likeness (QED) is 0.611. The molecule has 0 bridgehead atoms. The van der Waals surface area contributed by atoms with Crippen molar-refractivity contribution in [1.82, 2.24) is 10.2 Å². The maximum Gasteiger partial charge on any atom is 0.335 e. The van der Waals surface area contributed by atoms with Crippen LogP contribution >= 0.6 is 0 Å². The van der Waals surface area contributed by atoms with Gasteiger partial charge in [-0.25, -0.2) is 4.79 Å². The smallest absolute Gasteiger partial charge is 0.335 e. The molecule has 0 amide bonds. The predicted molar refractivity (Wildman–Crippen MR) is 89.6 cm³/mol. The van der Waals surface area contributed by atoms with Crippen LogP contribution in [-0.2, 0) is 0 Å². The second-order valence-corrected chi connectivity index (χ2v) is 5.36. The molecule has 1 heterocycles. The summed E-state index contributed by atoms with van der Waals surface area (Å²) < 4.78 is 5.72. The Balaban J connectivity index is 1.73. The van der Waals surface area contributed by atoms with Crippen molar-refractivity contribution in [1.29, 1.82) is 0 Å². The average Bonchev–Trinajstić information content (AvgIpc) is 3.11. The molecule has 4 aromatic rings. The summed E-state index contributed by atoms with van der Waals surface area (Å²) in [6, 6.07) is 20.4. The normalized spacial score (nSPS) is 10.8. The van der Waals surface area contributed by atoms with Crippen LogP contribution in [0, 0.1) is 0 Å². The van der Waals surface area contributed by atoms with Crippen molar-refractivity contribution in [3.8, 4) is 22.9 Å². The summed E-state index contributed by atoms with van der Waals surface area (Å²) in [6.45, 7) is 0. The summed E-state index contributed by atoms with van der Waals surface area (Å²) in [4.78, 5) is 11.1. The number of carboxylic acid groups (broad SMARTS) is 1. The molecule has 0 saturated heterocycles. The van der Waals surface area contributed by atoms with Crippen LogP contribution in [0.1, 0.15) is 10.4 Å². The number of carbonyl (C=O) groups is 1. The van der Waals surface area contributed by atoms with Crippen molar-refractivity contribution in [3.05, 3.63) is 72.3 Å². The Kier molecular flexibility index (Phi) is 3.31. The number of aromatic carboxylic acids is 1. The summed E-state index contributed by atoms with van der Waals surface area (Å²) >= 11 is 0. The first-order chi connectivity index (χ1) is 11.7. The standard InChI is InChI=1S/C19H12N2O3/c22-19(23)16-7-3-6-14(11-16)17-20-21-18(24-17)15-9-8-12-4-1-2-5-13(12)10-15/h1-11H,(H,22,23). The van der Waals surface area contributed by atoms with Gasteiger partial charge < -0.3 is 9.52 Å². The van der Waals surface area contributed by atoms with Crippen LogP contribution in [0.15, 0.2) is 71.1 Å². The molecule has 0 saturated carbocycles. The van der Waals surface area contributed by atoms with Gasteiger partial charge in [-0.3, -0.25) is 0 Å². The second kappa shape index (κ2) is 5.62. The minimum Gasteiger partial charge on any atom is -0.478 e. The van der Waals surface area contributed by atoms with E-state index in [1.165, 1.54) is 12.1 Å². The Morgan fingerprint density at radius 1 is 0.792 bits per heavy atom. The topological polar surface area (TPSA) is 76.2 Å². The van der Waals surface area contributed by atoms with Crippen LogP contribution in [0.3, 0.4) is 0 Å². The number of hydrogen-bond donors (Lipinski definition) is 1. The number of benzene rings is 3. The van der Waals surface area contributed by atoms with Gasteiger partial charge in [0.25, 0.3) is 0 Å². The molecular weight excluding hydrogens is 304 g/mol. The lowest BCUT2D eigenvalue weighted by molar-refractivity contribution is 0.0697. The Morgan fingerprint density at radius 3 is 2.25 bits per heavy atom. The van der Waals surface area contributed by atoms with Crippen LogP contribution in [0.25, 0.3) is 33.7 Å². The van der Waals surface area contributed by atoms with Gasteiger partial charge in [0.15, 0.2) is 0 Å². The van der Waals surface area contributed by atoms with Crippen LogP contribution in [-0.4, -0.2) is 21.3 Å². The molecule has 0 fully saturated rings. The zero-order chi connectivity index (χ0) is 16.5. The van der Waals surface area contributed by atoms with E-state index >= 15 is 0 Å². The zero-order valence-corrected chi connectivity index (χ0v) is 12.5. The van der Waals surface area contributed by atoms with E-state index in [4.69, 9.17) is 9.52 Å². The van der Waals surface area contributed by atoms with Crippen molar-refractivity contribution < 1.29 is 14.3 Å². The first kappa shape index (κ1) is 14.1. The van der Waals surface area contributed by atoms with Crippen molar-refractivity contribution in [2.24, 2.45) is 0 Å². The maximum absolute atomic E-state index is 11.1. The lowest BCUT2D eigenvalue weighted by atomic mass is 10.1. The molecule has 0 spiro atoms. The number of hydrogen-bond acceptors (Lipinski definition) is 4. The van der Waals surface area contributed by atoms with Gasteiger partial charge >= 0.3 is 5.97 Å². The fourth-order valence-corrected chi connectivity index (χ4v) is 2.56. The van der Waals surface area contributed by atoms with E-state index < -0.39 is 5.97 Å². The average molecular weight is 316 g/mol. The number of carboxylic acids is 1. The highest BCUT2D eigenvalue weighted by Gasteiger charge is 2.12. The largest absolute Gasteiger partial charge is 0.478 e. The summed E-state index contributed by atoms with van der Waals surface area (Å²) in [5, 5.41) is 19.4. The van der Waals surface area contributed by atoms with E-state index in [1.807, 2.05) is 42.5 Å². The number of nitrogens with zero attached hydrogens (tertiary/aromatic N) is 2. The third-order valence-corrected chi connectivity index (χ3v) is 3.78. The van der Waals surface area contributed by atoms with Gasteiger partial charge in [-0.05, 0) is 41.1 Å². The molecule has 1 aromatic heterocycles. The Hall–Kier alpha value is -3.47. The molecule has 1 N–H and O–H groups in total. The fraction of sp³-hybridized carbons (Fsp3) is 0. The Bertz CT molecular complexity index is 1050. The third-order valence-electron chi connectivity index (χ3n) is 3.78. The number of rotatable bonds is 3. The van der Waals surface area contributed by atoms with Crippen molar-refractivity contribution in [2.75, 3.05) is 0 Å². The molecule has 0 aliphatic carbocycles. The first-order valence-corrected chi connectivity index (χ1v) is 7.37. The van der Waals surface area contributed by atoms with Gasteiger partial charge in [0, 0.05) is 11.1 Å². The summed E-state index contributed by atoms with van der Waals surface area (Å²) in [6.07, 6.45) is 0. The SMILES string of the molecule is O=C(O)c1cccc(-c2nnc(-c3ccc4ccccc4c3)o2)c1. The molecule has 0 aliphatic rings. The zero-order valence-electron chi connectivity index (χ0n) is 12.5. The van der Waals surface area contributed by atoms with Crippen LogP contribution in [0.5, 0.6) is 0 Å². The lowest BCUT2D eigenvalue weighted by Crippen LogP contribution is -1.95. The van der Waals surface area contributed by atoms with Gasteiger partial charge in [-0.15, -0.1) is 10.2 Å². The molecule has 5 heteroatoms. The second-order valence-electron chi connectivity index (χ2n) is 5.36. The monoisotopic (exact) mass is 316 g/mol. The molecule has 4 rings (SSSR count). The van der Waals surface area contributed by atoms with E-state index in [-0.39, 0.29) is 5.56 Å². The van der Waals surface area contributed by atoms with Gasteiger partial charge in [-0.1, -0.05) is 36.4 Å². The van der Waals surface area contributed by atoms with Crippen LogP contribution in [0.2, 0.25) is 0 Å². The van der Waals surface area contributed by atoms with Gasteiger partial charge in [0.2, 0.25) is 11.8 Å². The highest BCUT2D eigenvalue weighted by Crippen LogP contribution is 2.27. The van der Waals surface area contributed by atoms with E-state index in [0.29, 0.717) is 17.3 Å². The highest BCUT2D eigenvalue weighted by atomic mass is 16.4. The molecule has 3 aromatic carbocycles. The number of fused-ring (bicyclic) bond motifs is 1. The van der Waals surface area contributed by atoms with Crippen LogP contribution in [0.4, 0.5) is 0 Å². The summed E-state index contributed by atoms with van der Waals surface area (Å²) in [5.74, 6) is -0.302. The number of aromatic nitrogens is 2. The molecule has 24 heavy (non-hydrogen) atoms. The fourth-order valence-electron chi connectivity index (χ4n) is 2.56. The summed E-state index contributed by atoms with van der Waals surface area (Å²) in [5.41, 5.74) is 1.58.